The summed E-state index contributed by atoms with van der Waals surface area (Å²) in [6, 6.07) is 6.78. The Bertz CT molecular complexity index is 665. The van der Waals surface area contributed by atoms with Crippen LogP contribution in [0.4, 0.5) is 15.2 Å². The van der Waals surface area contributed by atoms with Gasteiger partial charge in [-0.05, 0) is 30.4 Å². The Balaban J connectivity index is 1.97. The Hall–Kier alpha value is -1.46. The van der Waals surface area contributed by atoms with Gasteiger partial charge in [0.05, 0.1) is 11.4 Å². The van der Waals surface area contributed by atoms with Gasteiger partial charge in [0.25, 0.3) is 0 Å². The Morgan fingerprint density at radius 3 is 2.81 bits per heavy atom. The largest absolute Gasteiger partial charge is 0.323 e. The average Bonchev–Trinajstić information content (AvgIpc) is 2.81. The second kappa shape index (κ2) is 5.07. The number of nitrogens with two attached hydrogens (primary N) is 1. The second-order valence-electron chi connectivity index (χ2n) is 6.47. The molecule has 21 heavy (non-hydrogen) atoms. The van der Waals surface area contributed by atoms with E-state index in [9.17, 15) is 4.39 Å². The van der Waals surface area contributed by atoms with Gasteiger partial charge in [0.1, 0.15) is 5.82 Å². The molecular weight excluding hydrogens is 285 g/mol. The summed E-state index contributed by atoms with van der Waals surface area (Å²) in [5, 5.41) is 0.804. The fourth-order valence-electron chi connectivity index (χ4n) is 2.95. The molecular formula is C16H20FN3S. The summed E-state index contributed by atoms with van der Waals surface area (Å²) >= 11 is 1.58. The molecule has 0 radical (unpaired) electrons. The highest BCUT2D eigenvalue weighted by Gasteiger charge is 2.33. The first-order chi connectivity index (χ1) is 9.87. The number of thiazole rings is 1. The Labute approximate surface area is 128 Å². The van der Waals surface area contributed by atoms with Crippen molar-refractivity contribution in [1.82, 2.24) is 4.98 Å². The number of fused-ring (bicyclic) bond motifs is 1. The molecule has 1 atom stereocenters. The van der Waals surface area contributed by atoms with Crippen molar-refractivity contribution >= 4 is 22.2 Å². The third kappa shape index (κ3) is 2.68. The molecule has 1 unspecified atom stereocenters. The predicted octanol–water partition coefficient (Wildman–Crippen LogP) is 4.02. The minimum absolute atomic E-state index is 0.0315. The van der Waals surface area contributed by atoms with E-state index in [1.165, 1.54) is 6.07 Å². The lowest BCUT2D eigenvalue weighted by Gasteiger charge is -2.32. The van der Waals surface area contributed by atoms with Gasteiger partial charge in [-0.1, -0.05) is 37.3 Å². The number of aromatic nitrogens is 1. The second-order valence-corrected chi connectivity index (χ2v) is 7.48. The van der Waals surface area contributed by atoms with Crippen LogP contribution in [0.15, 0.2) is 24.3 Å². The maximum absolute atomic E-state index is 13.9. The minimum atomic E-state index is -0.238. The van der Waals surface area contributed by atoms with Crippen LogP contribution < -0.4 is 10.6 Å². The van der Waals surface area contributed by atoms with Crippen molar-refractivity contribution < 1.29 is 4.39 Å². The van der Waals surface area contributed by atoms with E-state index in [0.29, 0.717) is 5.69 Å². The van der Waals surface area contributed by atoms with Gasteiger partial charge >= 0.3 is 0 Å². The number of hydrogen-bond acceptors (Lipinski definition) is 4. The quantitative estimate of drug-likeness (QED) is 0.911. The zero-order chi connectivity index (χ0) is 15.2. The average molecular weight is 305 g/mol. The van der Waals surface area contributed by atoms with Crippen LogP contribution in [-0.4, -0.2) is 12.0 Å². The number of nitrogens with zero attached hydrogens (tertiary/aromatic N) is 2. The fraction of sp³-hybridized carbons (Fsp3) is 0.438. The van der Waals surface area contributed by atoms with Crippen LogP contribution in [0.25, 0.3) is 0 Å². The van der Waals surface area contributed by atoms with Crippen molar-refractivity contribution in [3.05, 3.63) is 40.7 Å². The number of anilines is 2. The van der Waals surface area contributed by atoms with Gasteiger partial charge in [0.15, 0.2) is 5.13 Å². The molecule has 0 saturated carbocycles. The number of benzene rings is 1. The molecule has 0 aliphatic heterocycles. The smallest absolute Gasteiger partial charge is 0.190 e. The summed E-state index contributed by atoms with van der Waals surface area (Å²) in [6.07, 6.45) is 1.89. The van der Waals surface area contributed by atoms with Crippen molar-refractivity contribution in [1.29, 1.82) is 0 Å². The van der Waals surface area contributed by atoms with Crippen molar-refractivity contribution in [2.24, 2.45) is 11.1 Å². The van der Waals surface area contributed by atoms with Gasteiger partial charge in [0, 0.05) is 18.0 Å². The normalized spacial score (nSPS) is 20.1. The summed E-state index contributed by atoms with van der Waals surface area (Å²) < 4.78 is 13.9. The molecule has 2 aromatic rings. The molecule has 3 nitrogen and oxygen atoms in total. The number of rotatable bonds is 2. The molecule has 2 N–H and O–H groups in total. The molecule has 0 amide bonds. The van der Waals surface area contributed by atoms with Crippen LogP contribution in [0.1, 0.15) is 36.9 Å². The molecule has 0 spiro atoms. The summed E-state index contributed by atoms with van der Waals surface area (Å²) in [5.41, 5.74) is 8.07. The van der Waals surface area contributed by atoms with E-state index < -0.39 is 0 Å². The monoisotopic (exact) mass is 305 g/mol. The van der Waals surface area contributed by atoms with E-state index >= 15 is 0 Å². The van der Waals surface area contributed by atoms with Gasteiger partial charge in [0.2, 0.25) is 0 Å². The van der Waals surface area contributed by atoms with Crippen LogP contribution in [0, 0.1) is 11.2 Å². The molecule has 0 fully saturated rings. The van der Waals surface area contributed by atoms with Crippen LogP contribution >= 0.6 is 11.3 Å². The van der Waals surface area contributed by atoms with E-state index in [1.807, 2.05) is 13.1 Å². The van der Waals surface area contributed by atoms with E-state index in [-0.39, 0.29) is 17.3 Å². The lowest BCUT2D eigenvalue weighted by atomic mass is 9.77. The number of halogens is 1. The maximum atomic E-state index is 13.9. The molecule has 3 rings (SSSR count). The third-order valence-corrected chi connectivity index (χ3v) is 5.28. The minimum Gasteiger partial charge on any atom is -0.323 e. The Morgan fingerprint density at radius 1 is 1.38 bits per heavy atom. The molecule has 112 valence electrons. The highest BCUT2D eigenvalue weighted by atomic mass is 32.1. The van der Waals surface area contributed by atoms with Gasteiger partial charge in [-0.2, -0.15) is 0 Å². The maximum Gasteiger partial charge on any atom is 0.190 e. The van der Waals surface area contributed by atoms with Gasteiger partial charge in [-0.15, -0.1) is 0 Å². The Kier molecular flexibility index (Phi) is 3.50. The molecule has 1 aliphatic rings. The zero-order valence-corrected chi connectivity index (χ0v) is 13.4. The summed E-state index contributed by atoms with van der Waals surface area (Å²) in [5.74, 6) is -0.238. The van der Waals surface area contributed by atoms with Gasteiger partial charge in [-0.25, -0.2) is 9.37 Å². The number of para-hydroxylation sites is 1. The van der Waals surface area contributed by atoms with Crippen molar-refractivity contribution in [2.45, 2.75) is 32.7 Å². The molecule has 1 aromatic carbocycles. The van der Waals surface area contributed by atoms with Crippen molar-refractivity contribution in [3.8, 4) is 0 Å². The summed E-state index contributed by atoms with van der Waals surface area (Å²) in [6.45, 7) is 4.44. The van der Waals surface area contributed by atoms with Crippen LogP contribution in [0.3, 0.4) is 0 Å². The molecule has 1 aliphatic carbocycles. The predicted molar refractivity (Wildman–Crippen MR) is 85.6 cm³/mol. The lowest BCUT2D eigenvalue weighted by molar-refractivity contribution is 0.282. The van der Waals surface area contributed by atoms with E-state index in [0.717, 1.165) is 28.5 Å². The first kappa shape index (κ1) is 14.5. The van der Waals surface area contributed by atoms with E-state index in [4.69, 9.17) is 10.7 Å². The highest BCUT2D eigenvalue weighted by Crippen LogP contribution is 2.44. The lowest BCUT2D eigenvalue weighted by Crippen LogP contribution is -2.28. The van der Waals surface area contributed by atoms with Crippen LogP contribution in [-0.2, 0) is 6.42 Å². The van der Waals surface area contributed by atoms with E-state index in [1.54, 1.807) is 28.4 Å². The van der Waals surface area contributed by atoms with Gasteiger partial charge in [-0.3, -0.25) is 0 Å². The van der Waals surface area contributed by atoms with Crippen molar-refractivity contribution in [3.63, 3.8) is 0 Å². The molecule has 5 heteroatoms. The van der Waals surface area contributed by atoms with Crippen LogP contribution in [0.5, 0.6) is 0 Å². The molecule has 0 bridgehead atoms. The summed E-state index contributed by atoms with van der Waals surface area (Å²) in [7, 11) is 1.85. The molecule has 1 heterocycles. The van der Waals surface area contributed by atoms with E-state index in [2.05, 4.69) is 13.8 Å². The number of hydrogen-bond donors (Lipinski definition) is 1. The zero-order valence-electron chi connectivity index (χ0n) is 12.6. The molecule has 0 saturated heterocycles. The fourth-order valence-corrected chi connectivity index (χ4v) is 4.01. The van der Waals surface area contributed by atoms with Crippen molar-refractivity contribution in [2.75, 3.05) is 11.9 Å². The first-order valence-electron chi connectivity index (χ1n) is 7.11. The SMILES string of the molecule is CN(c1nc2c(s1)C(N)CC(C)(C)C2)c1ccccc1F. The highest BCUT2D eigenvalue weighted by molar-refractivity contribution is 7.15. The standard InChI is InChI=1S/C16H20FN3S/c1-16(2)8-11(18)14-12(9-16)19-15(21-14)20(3)13-7-5-4-6-10(13)17/h4-7,11H,8-9,18H2,1-3H3. The molecule has 1 aromatic heterocycles. The van der Waals surface area contributed by atoms with Crippen LogP contribution in [0.2, 0.25) is 0 Å². The third-order valence-electron chi connectivity index (χ3n) is 3.97. The topological polar surface area (TPSA) is 42.2 Å². The first-order valence-corrected chi connectivity index (χ1v) is 7.92. The Morgan fingerprint density at radius 2 is 2.10 bits per heavy atom. The van der Waals surface area contributed by atoms with Gasteiger partial charge < -0.3 is 10.6 Å². The summed E-state index contributed by atoms with van der Waals surface area (Å²) in [4.78, 5) is 7.66.